The van der Waals surface area contributed by atoms with E-state index >= 15 is 0 Å². The third kappa shape index (κ3) is 5.59. The van der Waals surface area contributed by atoms with Crippen molar-refractivity contribution in [2.45, 2.75) is 0 Å². The Morgan fingerprint density at radius 1 is 0.213 bits per heavy atom. The minimum absolute atomic E-state index is 1.06. The van der Waals surface area contributed by atoms with Crippen molar-refractivity contribution in [2.24, 2.45) is 0 Å². The maximum absolute atomic E-state index is 2.55. The van der Waals surface area contributed by atoms with Crippen LogP contribution in [0.1, 0.15) is 0 Å². The molecule has 286 valence electrons. The Kier molecular flexibility index (Phi) is 8.17. The predicted molar refractivity (Wildman–Crippen MR) is 256 cm³/mol. The van der Waals surface area contributed by atoms with Crippen LogP contribution in [-0.4, -0.2) is 13.7 Å². The van der Waals surface area contributed by atoms with Crippen LogP contribution in [0.3, 0.4) is 0 Å². The van der Waals surface area contributed by atoms with Crippen molar-refractivity contribution in [3.8, 4) is 61.8 Å². The highest BCUT2D eigenvalue weighted by atomic mass is 15.1. The molecule has 0 aliphatic carbocycles. The molecule has 0 aliphatic heterocycles. The smallest absolute Gasteiger partial charge is 0.0619 e. The van der Waals surface area contributed by atoms with Gasteiger partial charge in [0.25, 0.3) is 0 Å². The molecule has 0 amide bonds. The van der Waals surface area contributed by atoms with Gasteiger partial charge >= 0.3 is 0 Å². The summed E-state index contributed by atoms with van der Waals surface area (Å²) in [6.07, 6.45) is 0. The van der Waals surface area contributed by atoms with Crippen molar-refractivity contribution in [2.75, 3.05) is 0 Å². The van der Waals surface area contributed by atoms with Gasteiger partial charge in [-0.15, -0.1) is 0 Å². The molecule has 3 aromatic heterocycles. The lowest BCUT2D eigenvalue weighted by Gasteiger charge is -2.20. The molecular formula is C58H39N3. The van der Waals surface area contributed by atoms with Crippen molar-refractivity contribution < 1.29 is 0 Å². The van der Waals surface area contributed by atoms with E-state index in [9.17, 15) is 0 Å². The Labute approximate surface area is 354 Å². The topological polar surface area (TPSA) is 14.8 Å². The molecule has 9 aromatic carbocycles. The van der Waals surface area contributed by atoms with E-state index in [1.165, 1.54) is 54.7 Å². The number of hydrogen-bond acceptors (Lipinski definition) is 0. The lowest BCUT2D eigenvalue weighted by atomic mass is 9.91. The minimum Gasteiger partial charge on any atom is -0.309 e. The first kappa shape index (κ1) is 34.9. The molecular weight excluding hydrogens is 739 g/mol. The minimum atomic E-state index is 1.06. The number of rotatable bonds is 7. The van der Waals surface area contributed by atoms with Gasteiger partial charge < -0.3 is 13.7 Å². The molecule has 0 atom stereocenters. The van der Waals surface area contributed by atoms with Crippen LogP contribution in [0.2, 0.25) is 0 Å². The third-order valence-electron chi connectivity index (χ3n) is 12.2. The van der Waals surface area contributed by atoms with Crippen LogP contribution in [0.25, 0.3) is 105 Å². The van der Waals surface area contributed by atoms with Crippen LogP contribution >= 0.6 is 0 Å². The molecule has 12 aromatic rings. The van der Waals surface area contributed by atoms with Crippen molar-refractivity contribution >= 4 is 43.6 Å². The van der Waals surface area contributed by atoms with Gasteiger partial charge in [-0.25, -0.2) is 0 Å². The second kappa shape index (κ2) is 14.3. The normalized spacial score (nSPS) is 11.6. The fraction of sp³-hybridized carbons (Fsp3) is 0. The fourth-order valence-electron chi connectivity index (χ4n) is 9.71. The van der Waals surface area contributed by atoms with E-state index in [0.29, 0.717) is 0 Å². The summed E-state index contributed by atoms with van der Waals surface area (Å²) in [5.41, 5.74) is 17.2. The van der Waals surface area contributed by atoms with Gasteiger partial charge in [0.05, 0.1) is 50.5 Å². The number of hydrogen-bond donors (Lipinski definition) is 0. The van der Waals surface area contributed by atoms with Gasteiger partial charge in [0, 0.05) is 32.7 Å². The standard InChI is InChI=1S/C58H39N3/c1-5-21-40(22-6-1)55-56(41-23-7-2-8-24-41)58(43-27-11-4-12-28-43)61(57(55)42-25-9-3-10-26-42)46-38-44(59-51-33-17-13-29-47(51)48-30-14-18-34-52(48)59)37-45(39-46)60-53-35-19-15-31-49(53)50-32-16-20-36-54(50)60/h1-39H. The van der Waals surface area contributed by atoms with E-state index in [4.69, 9.17) is 0 Å². The molecule has 12 rings (SSSR count). The van der Waals surface area contributed by atoms with Crippen molar-refractivity contribution in [1.29, 1.82) is 0 Å². The summed E-state index contributed by atoms with van der Waals surface area (Å²) >= 11 is 0. The van der Waals surface area contributed by atoms with Crippen molar-refractivity contribution in [3.05, 3.63) is 237 Å². The molecule has 0 aliphatic rings. The number of fused-ring (bicyclic) bond motifs is 6. The molecule has 0 N–H and O–H groups in total. The zero-order valence-corrected chi connectivity index (χ0v) is 33.4. The highest BCUT2D eigenvalue weighted by Crippen LogP contribution is 2.50. The lowest BCUT2D eigenvalue weighted by Crippen LogP contribution is -2.05. The zero-order valence-electron chi connectivity index (χ0n) is 33.4. The van der Waals surface area contributed by atoms with Crippen LogP contribution in [0.15, 0.2) is 237 Å². The van der Waals surface area contributed by atoms with Crippen LogP contribution in [0.4, 0.5) is 0 Å². The Bertz CT molecular complexity index is 3220. The first-order chi connectivity index (χ1) is 30.3. The molecule has 0 radical (unpaired) electrons. The first-order valence-corrected chi connectivity index (χ1v) is 20.9. The SMILES string of the molecule is c1ccc(-c2c(-c3ccccc3)c(-c3ccccc3)n(-c3cc(-n4c5ccccc5c5ccccc54)cc(-n4c5ccccc5c5ccccc54)c3)c2-c2ccccc2)cc1. The lowest BCUT2D eigenvalue weighted by molar-refractivity contribution is 1.06. The summed E-state index contributed by atoms with van der Waals surface area (Å²) in [7, 11) is 0. The van der Waals surface area contributed by atoms with Crippen LogP contribution in [-0.2, 0) is 0 Å². The molecule has 3 nitrogen and oxygen atoms in total. The maximum Gasteiger partial charge on any atom is 0.0619 e. The van der Waals surface area contributed by atoms with Gasteiger partial charge in [-0.3, -0.25) is 0 Å². The van der Waals surface area contributed by atoms with Gasteiger partial charge in [0.2, 0.25) is 0 Å². The zero-order chi connectivity index (χ0) is 40.3. The van der Waals surface area contributed by atoms with Crippen molar-refractivity contribution in [3.63, 3.8) is 0 Å². The number of benzene rings is 9. The van der Waals surface area contributed by atoms with Gasteiger partial charge in [-0.05, 0) is 64.7 Å². The second-order valence-corrected chi connectivity index (χ2v) is 15.7. The first-order valence-electron chi connectivity index (χ1n) is 20.9. The highest BCUT2D eigenvalue weighted by molar-refractivity contribution is 6.11. The average Bonchev–Trinajstić information content (AvgIpc) is 3.99. The second-order valence-electron chi connectivity index (χ2n) is 15.7. The van der Waals surface area contributed by atoms with Crippen LogP contribution < -0.4 is 0 Å². The molecule has 3 heteroatoms. The number of nitrogens with zero attached hydrogens (tertiary/aromatic N) is 3. The maximum atomic E-state index is 2.55. The van der Waals surface area contributed by atoms with Gasteiger partial charge in [0.15, 0.2) is 0 Å². The molecule has 0 spiro atoms. The molecule has 0 saturated carbocycles. The predicted octanol–water partition coefficient (Wildman–Crippen LogP) is 15.3. The van der Waals surface area contributed by atoms with Crippen molar-refractivity contribution in [1.82, 2.24) is 13.7 Å². The van der Waals surface area contributed by atoms with Crippen LogP contribution in [0, 0.1) is 0 Å². The van der Waals surface area contributed by atoms with E-state index in [1.807, 2.05) is 0 Å². The summed E-state index contributed by atoms with van der Waals surface area (Å²) in [6.45, 7) is 0. The van der Waals surface area contributed by atoms with Gasteiger partial charge in [0.1, 0.15) is 0 Å². The van der Waals surface area contributed by atoms with E-state index < -0.39 is 0 Å². The van der Waals surface area contributed by atoms with E-state index in [-0.39, 0.29) is 0 Å². The largest absolute Gasteiger partial charge is 0.309 e. The summed E-state index contributed by atoms with van der Waals surface area (Å²) in [4.78, 5) is 0. The quantitative estimate of drug-likeness (QED) is 0.153. The summed E-state index contributed by atoms with van der Waals surface area (Å²) in [5, 5.41) is 4.93. The van der Waals surface area contributed by atoms with Gasteiger partial charge in [-0.2, -0.15) is 0 Å². The molecule has 0 saturated heterocycles. The Hall–Kier alpha value is -8.14. The monoisotopic (exact) mass is 777 g/mol. The number of aromatic nitrogens is 3. The number of para-hydroxylation sites is 4. The third-order valence-corrected chi connectivity index (χ3v) is 12.2. The molecule has 0 fully saturated rings. The Morgan fingerprint density at radius 2 is 0.459 bits per heavy atom. The summed E-state index contributed by atoms with van der Waals surface area (Å²) < 4.78 is 7.45. The summed E-state index contributed by atoms with van der Waals surface area (Å²) in [6, 6.07) is 86.1. The molecule has 61 heavy (non-hydrogen) atoms. The van der Waals surface area contributed by atoms with E-state index in [2.05, 4.69) is 250 Å². The Morgan fingerprint density at radius 3 is 0.770 bits per heavy atom. The fourth-order valence-corrected chi connectivity index (χ4v) is 9.71. The highest BCUT2D eigenvalue weighted by Gasteiger charge is 2.29. The molecule has 3 heterocycles. The van der Waals surface area contributed by atoms with E-state index in [1.54, 1.807) is 0 Å². The van der Waals surface area contributed by atoms with Crippen LogP contribution in [0.5, 0.6) is 0 Å². The Balaban J connectivity index is 1.30. The molecule has 0 bridgehead atoms. The summed E-state index contributed by atoms with van der Waals surface area (Å²) in [5.74, 6) is 0. The van der Waals surface area contributed by atoms with Gasteiger partial charge in [-0.1, -0.05) is 194 Å². The average molecular weight is 778 g/mol. The molecule has 0 unspecified atom stereocenters. The van der Waals surface area contributed by atoms with E-state index in [0.717, 1.165) is 50.7 Å².